The zero-order valence-corrected chi connectivity index (χ0v) is 18.4. The molecule has 0 bridgehead atoms. The molecule has 1 N–H and O–H groups in total. The zero-order chi connectivity index (χ0) is 21.5. The van der Waals surface area contributed by atoms with Gasteiger partial charge in [-0.3, -0.25) is 18.7 Å². The van der Waals surface area contributed by atoms with E-state index in [-0.39, 0.29) is 17.2 Å². The van der Waals surface area contributed by atoms with Crippen molar-refractivity contribution in [2.75, 3.05) is 19.6 Å². The van der Waals surface area contributed by atoms with Crippen LogP contribution in [0.25, 0.3) is 11.2 Å². The Balaban J connectivity index is 1.21. The van der Waals surface area contributed by atoms with E-state index in [2.05, 4.69) is 15.2 Å². The van der Waals surface area contributed by atoms with Crippen LogP contribution >= 0.6 is 23.2 Å². The van der Waals surface area contributed by atoms with Crippen LogP contribution in [0.1, 0.15) is 24.4 Å². The van der Waals surface area contributed by atoms with Crippen molar-refractivity contribution >= 4 is 34.4 Å². The number of piperidine rings is 1. The summed E-state index contributed by atoms with van der Waals surface area (Å²) in [5, 5.41) is 4.76. The van der Waals surface area contributed by atoms with Crippen LogP contribution in [0.15, 0.2) is 46.1 Å². The fraction of sp³-hybridized carbons (Fsp3) is 0.409. The molecular formula is C22H23Cl2N5O2. The molecule has 1 fully saturated rings. The van der Waals surface area contributed by atoms with Crippen LogP contribution in [0.3, 0.4) is 0 Å². The average Bonchev–Trinajstić information content (AvgIpc) is 3.15. The normalized spacial score (nSPS) is 19.4. The van der Waals surface area contributed by atoms with Crippen LogP contribution in [0.4, 0.5) is 0 Å². The summed E-state index contributed by atoms with van der Waals surface area (Å²) in [7, 11) is 0. The van der Waals surface area contributed by atoms with Gasteiger partial charge in [-0.15, -0.1) is 0 Å². The highest BCUT2D eigenvalue weighted by atomic mass is 35.5. The number of benzene rings is 1. The topological polar surface area (TPSA) is 72.2 Å². The Morgan fingerprint density at radius 2 is 1.84 bits per heavy atom. The average molecular weight is 460 g/mol. The highest BCUT2D eigenvalue weighted by Gasteiger charge is 2.29. The molecule has 3 aromatic rings. The van der Waals surface area contributed by atoms with Gasteiger partial charge < -0.3 is 10.2 Å². The van der Waals surface area contributed by atoms with Crippen LogP contribution in [0, 0.1) is 0 Å². The van der Waals surface area contributed by atoms with Crippen LogP contribution in [0.2, 0.25) is 10.0 Å². The fourth-order valence-corrected chi connectivity index (χ4v) is 5.01. The molecule has 1 atom stereocenters. The number of hydrogen-bond donors (Lipinski definition) is 1. The summed E-state index contributed by atoms with van der Waals surface area (Å²) in [6.07, 6.45) is 3.41. The van der Waals surface area contributed by atoms with Crippen LogP contribution in [-0.4, -0.2) is 44.7 Å². The summed E-state index contributed by atoms with van der Waals surface area (Å²) >= 11 is 12.1. The van der Waals surface area contributed by atoms with Gasteiger partial charge in [-0.2, -0.15) is 0 Å². The minimum absolute atomic E-state index is 0.0474. The van der Waals surface area contributed by atoms with E-state index in [1.54, 1.807) is 15.2 Å². The quantitative estimate of drug-likeness (QED) is 0.634. The summed E-state index contributed by atoms with van der Waals surface area (Å²) in [5.74, 6) is 0. The van der Waals surface area contributed by atoms with Gasteiger partial charge in [0.05, 0.1) is 22.3 Å². The van der Waals surface area contributed by atoms with E-state index in [1.807, 2.05) is 18.2 Å². The first-order valence-corrected chi connectivity index (χ1v) is 11.3. The number of pyridine rings is 1. The number of halogens is 2. The summed E-state index contributed by atoms with van der Waals surface area (Å²) < 4.78 is 3.43. The second-order valence-corrected chi connectivity index (χ2v) is 9.13. The molecular weight excluding hydrogens is 437 g/mol. The molecule has 31 heavy (non-hydrogen) atoms. The largest absolute Gasteiger partial charge is 0.310 e. The van der Waals surface area contributed by atoms with Gasteiger partial charge in [-0.25, -0.2) is 4.98 Å². The maximum Gasteiger partial charge on any atom is 0.270 e. The molecule has 162 valence electrons. The maximum atomic E-state index is 12.5. The predicted octanol–water partition coefficient (Wildman–Crippen LogP) is 2.67. The van der Waals surface area contributed by atoms with E-state index in [4.69, 9.17) is 23.2 Å². The fourth-order valence-electron chi connectivity index (χ4n) is 4.69. The molecule has 4 heterocycles. The number of nitrogens with zero attached hydrogens (tertiary/aromatic N) is 4. The van der Waals surface area contributed by atoms with Crippen molar-refractivity contribution in [1.82, 2.24) is 24.3 Å². The molecule has 9 heteroatoms. The summed E-state index contributed by atoms with van der Waals surface area (Å²) in [6, 6.07) is 9.32. The number of aromatic nitrogens is 3. The van der Waals surface area contributed by atoms with Gasteiger partial charge in [0.1, 0.15) is 11.2 Å². The molecule has 0 spiro atoms. The summed E-state index contributed by atoms with van der Waals surface area (Å²) in [5.41, 5.74) is 2.22. The Bertz CT molecular complexity index is 1240. The van der Waals surface area contributed by atoms with Crippen LogP contribution < -0.4 is 16.4 Å². The molecule has 5 rings (SSSR count). The number of rotatable bonds is 5. The third kappa shape index (κ3) is 4.03. The molecule has 2 aliphatic heterocycles. The van der Waals surface area contributed by atoms with Crippen LogP contribution in [-0.2, 0) is 13.1 Å². The SMILES string of the molecule is O=c1ccc2ncc(=O)n3c2n1C[C@H]3CN1CCC(NCc2ccc(Cl)c(Cl)c2)CC1. The minimum Gasteiger partial charge on any atom is -0.310 e. The van der Waals surface area contributed by atoms with Gasteiger partial charge in [0.2, 0.25) is 0 Å². The lowest BCUT2D eigenvalue weighted by Gasteiger charge is -2.34. The third-order valence-electron chi connectivity index (χ3n) is 6.31. The van der Waals surface area contributed by atoms with Crippen molar-refractivity contribution in [2.45, 2.75) is 38.0 Å². The second kappa shape index (κ2) is 8.39. The molecule has 0 aliphatic carbocycles. The minimum atomic E-state index is -0.146. The molecule has 0 radical (unpaired) electrons. The second-order valence-electron chi connectivity index (χ2n) is 8.32. The Hall–Kier alpha value is -2.19. The summed E-state index contributed by atoms with van der Waals surface area (Å²) in [4.78, 5) is 31.4. The van der Waals surface area contributed by atoms with Crippen molar-refractivity contribution < 1.29 is 0 Å². The zero-order valence-electron chi connectivity index (χ0n) is 16.9. The first-order chi connectivity index (χ1) is 15.0. The van der Waals surface area contributed by atoms with Gasteiger partial charge in [0, 0.05) is 31.7 Å². The van der Waals surface area contributed by atoms with E-state index >= 15 is 0 Å². The Labute approximate surface area is 189 Å². The lowest BCUT2D eigenvalue weighted by atomic mass is 10.0. The summed E-state index contributed by atoms with van der Waals surface area (Å²) in [6.45, 7) is 3.92. The molecule has 1 saturated heterocycles. The lowest BCUT2D eigenvalue weighted by molar-refractivity contribution is 0.171. The smallest absolute Gasteiger partial charge is 0.270 e. The van der Waals surface area contributed by atoms with Crippen molar-refractivity contribution in [1.29, 1.82) is 0 Å². The van der Waals surface area contributed by atoms with Crippen molar-refractivity contribution in [3.05, 3.63) is 72.8 Å². The Kier molecular flexibility index (Phi) is 5.60. The number of nitrogens with one attached hydrogen (secondary N) is 1. The van der Waals surface area contributed by atoms with Crippen molar-refractivity contribution in [2.24, 2.45) is 0 Å². The molecule has 0 unspecified atom stereocenters. The standard InChI is InChI=1S/C22H23Cl2N5O2/c23-17-2-1-14(9-18(17)24)10-25-15-5-7-27(8-6-15)12-16-13-28-20(30)4-3-19-22(28)29(16)21(31)11-26-19/h1-4,9,11,15-16,25H,5-8,10,12-13H2/t16-/m1/s1. The monoisotopic (exact) mass is 459 g/mol. The molecule has 0 saturated carbocycles. The van der Waals surface area contributed by atoms with Gasteiger partial charge >= 0.3 is 0 Å². The highest BCUT2D eigenvalue weighted by molar-refractivity contribution is 6.42. The molecule has 2 aromatic heterocycles. The maximum absolute atomic E-state index is 12.5. The molecule has 1 aromatic carbocycles. The number of likely N-dealkylation sites (tertiary alicyclic amines) is 1. The van der Waals surface area contributed by atoms with E-state index in [1.165, 1.54) is 12.3 Å². The molecule has 7 nitrogen and oxygen atoms in total. The number of hydrogen-bond acceptors (Lipinski definition) is 5. The van der Waals surface area contributed by atoms with E-state index < -0.39 is 0 Å². The molecule has 0 amide bonds. The first-order valence-electron chi connectivity index (χ1n) is 10.5. The Morgan fingerprint density at radius 1 is 1.03 bits per heavy atom. The van der Waals surface area contributed by atoms with Gasteiger partial charge in [-0.05, 0) is 49.7 Å². The Morgan fingerprint density at radius 3 is 2.61 bits per heavy atom. The highest BCUT2D eigenvalue weighted by Crippen LogP contribution is 2.25. The molecule has 2 aliphatic rings. The predicted molar refractivity (Wildman–Crippen MR) is 122 cm³/mol. The van der Waals surface area contributed by atoms with Crippen LogP contribution in [0.5, 0.6) is 0 Å². The first kappa shape index (κ1) is 20.7. The van der Waals surface area contributed by atoms with Crippen molar-refractivity contribution in [3.63, 3.8) is 0 Å². The van der Waals surface area contributed by atoms with Gasteiger partial charge in [0.25, 0.3) is 11.1 Å². The van der Waals surface area contributed by atoms with Gasteiger partial charge in [-0.1, -0.05) is 29.3 Å². The van der Waals surface area contributed by atoms with Gasteiger partial charge in [0.15, 0.2) is 0 Å². The van der Waals surface area contributed by atoms with E-state index in [0.717, 1.165) is 44.6 Å². The third-order valence-corrected chi connectivity index (χ3v) is 7.05. The van der Waals surface area contributed by atoms with E-state index in [9.17, 15) is 9.59 Å². The van der Waals surface area contributed by atoms with E-state index in [0.29, 0.717) is 33.8 Å². The van der Waals surface area contributed by atoms with Crippen molar-refractivity contribution in [3.8, 4) is 0 Å². The lowest BCUT2D eigenvalue weighted by Crippen LogP contribution is -2.44.